The highest BCUT2D eigenvalue weighted by Gasteiger charge is 2.16. The molecule has 0 spiro atoms. The van der Waals surface area contributed by atoms with Crippen molar-refractivity contribution >= 4 is 40.1 Å². The molecule has 0 saturated carbocycles. The summed E-state index contributed by atoms with van der Waals surface area (Å²) in [7, 11) is 0. The highest BCUT2D eigenvalue weighted by atomic mass is 16.6. The highest BCUT2D eigenvalue weighted by molar-refractivity contribution is 5.97. The number of rotatable bonds is 5. The van der Waals surface area contributed by atoms with E-state index in [0.717, 1.165) is 10.8 Å². The van der Waals surface area contributed by atoms with E-state index in [4.69, 9.17) is 9.47 Å². The lowest BCUT2D eigenvalue weighted by Crippen LogP contribution is -2.27. The van der Waals surface area contributed by atoms with Gasteiger partial charge in [0.2, 0.25) is 0 Å². The third-order valence-electron chi connectivity index (χ3n) is 4.13. The first kappa shape index (κ1) is 21.8. The van der Waals surface area contributed by atoms with Gasteiger partial charge in [-0.15, -0.1) is 0 Å². The second kappa shape index (κ2) is 9.30. The lowest BCUT2D eigenvalue weighted by atomic mass is 10.1. The molecule has 3 aromatic rings. The van der Waals surface area contributed by atoms with Crippen molar-refractivity contribution in [3.8, 4) is 0 Å². The van der Waals surface area contributed by atoms with E-state index < -0.39 is 30.2 Å². The van der Waals surface area contributed by atoms with Gasteiger partial charge in [0.1, 0.15) is 5.60 Å². The summed E-state index contributed by atoms with van der Waals surface area (Å²) in [4.78, 5) is 36.1. The largest absolute Gasteiger partial charge is 0.452 e. The first-order valence-electron chi connectivity index (χ1n) is 9.75. The van der Waals surface area contributed by atoms with Gasteiger partial charge in [0.05, 0.1) is 5.56 Å². The maximum atomic E-state index is 12.2. The number of anilines is 2. The van der Waals surface area contributed by atoms with Crippen molar-refractivity contribution < 1.29 is 23.9 Å². The zero-order valence-corrected chi connectivity index (χ0v) is 17.6. The molecular formula is C24H24N2O5. The summed E-state index contributed by atoms with van der Waals surface area (Å²) in [5.74, 6) is -1.08. The molecular weight excluding hydrogens is 396 g/mol. The molecule has 3 rings (SSSR count). The van der Waals surface area contributed by atoms with Gasteiger partial charge >= 0.3 is 12.1 Å². The van der Waals surface area contributed by atoms with Crippen LogP contribution in [0.2, 0.25) is 0 Å². The lowest BCUT2D eigenvalue weighted by Gasteiger charge is -2.19. The Morgan fingerprint density at radius 3 is 2.13 bits per heavy atom. The summed E-state index contributed by atoms with van der Waals surface area (Å²) < 4.78 is 10.2. The number of hydrogen-bond acceptors (Lipinski definition) is 5. The van der Waals surface area contributed by atoms with Crippen molar-refractivity contribution in [1.29, 1.82) is 0 Å². The Kier molecular flexibility index (Phi) is 6.55. The van der Waals surface area contributed by atoms with Crippen molar-refractivity contribution in [2.45, 2.75) is 26.4 Å². The van der Waals surface area contributed by atoms with Crippen LogP contribution >= 0.6 is 0 Å². The number of carbonyl (C=O) groups is 3. The molecule has 3 aromatic carbocycles. The van der Waals surface area contributed by atoms with E-state index in [1.54, 1.807) is 39.0 Å². The third-order valence-corrected chi connectivity index (χ3v) is 4.13. The monoisotopic (exact) mass is 420 g/mol. The fourth-order valence-electron chi connectivity index (χ4n) is 2.79. The molecule has 2 N–H and O–H groups in total. The molecule has 0 fully saturated rings. The number of benzene rings is 3. The van der Waals surface area contributed by atoms with E-state index >= 15 is 0 Å². The van der Waals surface area contributed by atoms with Gasteiger partial charge in [-0.05, 0) is 67.9 Å². The molecule has 0 unspecified atom stereocenters. The van der Waals surface area contributed by atoms with Crippen molar-refractivity contribution in [3.63, 3.8) is 0 Å². The quantitative estimate of drug-likeness (QED) is 0.568. The Morgan fingerprint density at radius 2 is 1.45 bits per heavy atom. The third kappa shape index (κ3) is 6.57. The van der Waals surface area contributed by atoms with Gasteiger partial charge in [-0.2, -0.15) is 0 Å². The molecule has 0 aliphatic rings. The minimum atomic E-state index is -0.641. The zero-order valence-electron chi connectivity index (χ0n) is 17.6. The molecule has 7 heteroatoms. The SMILES string of the molecule is CC(C)(C)OC(=O)Nc1ccc(C(=O)OCC(=O)Nc2ccc3ccccc3c2)cc1. The van der Waals surface area contributed by atoms with Gasteiger partial charge in [-0.25, -0.2) is 9.59 Å². The fourth-order valence-corrected chi connectivity index (χ4v) is 2.79. The van der Waals surface area contributed by atoms with Crippen LogP contribution in [0, 0.1) is 0 Å². The summed E-state index contributed by atoms with van der Waals surface area (Å²) in [5, 5.41) is 7.35. The normalized spacial score (nSPS) is 10.9. The van der Waals surface area contributed by atoms with Crippen molar-refractivity contribution in [2.24, 2.45) is 0 Å². The van der Waals surface area contributed by atoms with Crippen LogP contribution in [0.4, 0.5) is 16.2 Å². The van der Waals surface area contributed by atoms with Gasteiger partial charge in [-0.3, -0.25) is 10.1 Å². The zero-order chi connectivity index (χ0) is 22.4. The molecule has 0 aliphatic heterocycles. The van der Waals surface area contributed by atoms with Crippen LogP contribution in [0.5, 0.6) is 0 Å². The Morgan fingerprint density at radius 1 is 0.806 bits per heavy atom. The van der Waals surface area contributed by atoms with Gasteiger partial charge < -0.3 is 14.8 Å². The maximum absolute atomic E-state index is 12.2. The molecule has 0 radical (unpaired) electrons. The van der Waals surface area contributed by atoms with Crippen molar-refractivity contribution in [2.75, 3.05) is 17.2 Å². The average Bonchev–Trinajstić information content (AvgIpc) is 2.71. The topological polar surface area (TPSA) is 93.7 Å². The van der Waals surface area contributed by atoms with E-state index in [2.05, 4.69) is 10.6 Å². The van der Waals surface area contributed by atoms with E-state index in [9.17, 15) is 14.4 Å². The number of amides is 2. The number of carbonyl (C=O) groups excluding carboxylic acids is 3. The molecule has 0 saturated heterocycles. The second-order valence-corrected chi connectivity index (χ2v) is 7.89. The molecule has 160 valence electrons. The van der Waals surface area contributed by atoms with E-state index in [0.29, 0.717) is 11.4 Å². The Hall–Kier alpha value is -3.87. The number of nitrogens with one attached hydrogen (secondary N) is 2. The van der Waals surface area contributed by atoms with Crippen molar-refractivity contribution in [3.05, 3.63) is 72.3 Å². The average molecular weight is 420 g/mol. The van der Waals surface area contributed by atoms with Crippen LogP contribution in [0.15, 0.2) is 66.7 Å². The number of hydrogen-bond donors (Lipinski definition) is 2. The minimum absolute atomic E-state index is 0.258. The first-order chi connectivity index (χ1) is 14.7. The van der Waals surface area contributed by atoms with E-state index in [1.165, 1.54) is 12.1 Å². The molecule has 31 heavy (non-hydrogen) atoms. The second-order valence-electron chi connectivity index (χ2n) is 7.89. The molecule has 7 nitrogen and oxygen atoms in total. The van der Waals surface area contributed by atoms with Crippen LogP contribution in [0.1, 0.15) is 31.1 Å². The first-order valence-corrected chi connectivity index (χ1v) is 9.75. The van der Waals surface area contributed by atoms with Crippen LogP contribution in [-0.4, -0.2) is 30.2 Å². The number of ether oxygens (including phenoxy) is 2. The van der Waals surface area contributed by atoms with Crippen LogP contribution in [-0.2, 0) is 14.3 Å². The standard InChI is InChI=1S/C24H24N2O5/c1-24(2,3)31-23(29)26-19-11-9-17(10-12-19)22(28)30-15-21(27)25-20-13-8-16-6-4-5-7-18(16)14-20/h4-14H,15H2,1-3H3,(H,25,27)(H,26,29). The van der Waals surface area contributed by atoms with Crippen molar-refractivity contribution in [1.82, 2.24) is 0 Å². The molecule has 0 aliphatic carbocycles. The van der Waals surface area contributed by atoms with Crippen LogP contribution in [0.25, 0.3) is 10.8 Å². The Bertz CT molecular complexity index is 1100. The Balaban J connectivity index is 1.50. The minimum Gasteiger partial charge on any atom is -0.452 e. The summed E-state index contributed by atoms with van der Waals surface area (Å²) in [6.07, 6.45) is -0.590. The molecule has 0 bridgehead atoms. The number of esters is 1. The summed E-state index contributed by atoms with van der Waals surface area (Å²) in [6.45, 7) is 4.88. The Labute approximate surface area is 180 Å². The fraction of sp³-hybridized carbons (Fsp3) is 0.208. The summed E-state index contributed by atoms with van der Waals surface area (Å²) in [5.41, 5.74) is 0.742. The molecule has 0 aromatic heterocycles. The predicted molar refractivity (Wildman–Crippen MR) is 119 cm³/mol. The molecule has 2 amide bonds. The van der Waals surface area contributed by atoms with Gasteiger partial charge in [0, 0.05) is 11.4 Å². The molecule has 0 atom stereocenters. The smallest absolute Gasteiger partial charge is 0.412 e. The molecule has 0 heterocycles. The predicted octanol–water partition coefficient (Wildman–Crippen LogP) is 4.98. The maximum Gasteiger partial charge on any atom is 0.412 e. The van der Waals surface area contributed by atoms with E-state index in [1.807, 2.05) is 36.4 Å². The van der Waals surface area contributed by atoms with Gasteiger partial charge in [0.15, 0.2) is 6.61 Å². The highest BCUT2D eigenvalue weighted by Crippen LogP contribution is 2.19. The van der Waals surface area contributed by atoms with Gasteiger partial charge in [0.25, 0.3) is 5.91 Å². The van der Waals surface area contributed by atoms with Crippen LogP contribution in [0.3, 0.4) is 0 Å². The summed E-state index contributed by atoms with van der Waals surface area (Å²) in [6, 6.07) is 19.4. The summed E-state index contributed by atoms with van der Waals surface area (Å²) >= 11 is 0. The lowest BCUT2D eigenvalue weighted by molar-refractivity contribution is -0.119. The van der Waals surface area contributed by atoms with Crippen LogP contribution < -0.4 is 10.6 Å². The van der Waals surface area contributed by atoms with E-state index in [-0.39, 0.29) is 5.56 Å². The van der Waals surface area contributed by atoms with Gasteiger partial charge in [-0.1, -0.05) is 30.3 Å². The number of fused-ring (bicyclic) bond motifs is 1.